The number of nitrogens with one attached hydrogen (secondary N) is 2. The molecule has 0 unspecified atom stereocenters. The molecule has 0 saturated heterocycles. The highest BCUT2D eigenvalue weighted by molar-refractivity contribution is 9.13. The van der Waals surface area contributed by atoms with Crippen LogP contribution in [0.2, 0.25) is 0 Å². The van der Waals surface area contributed by atoms with Crippen molar-refractivity contribution in [2.24, 2.45) is 0 Å². The number of nitrogens with zero attached hydrogens (tertiary/aromatic N) is 1. The quantitative estimate of drug-likeness (QED) is 0.657. The van der Waals surface area contributed by atoms with Crippen LogP contribution in [0.1, 0.15) is 17.0 Å². The molecule has 0 bridgehead atoms. The summed E-state index contributed by atoms with van der Waals surface area (Å²) in [5, 5.41) is 2.62. The van der Waals surface area contributed by atoms with Gasteiger partial charge in [-0.15, -0.1) is 12.3 Å². The molecule has 1 aromatic rings. The van der Waals surface area contributed by atoms with Gasteiger partial charge in [0.1, 0.15) is 9.21 Å². The predicted octanol–water partition coefficient (Wildman–Crippen LogP) is 1.69. The van der Waals surface area contributed by atoms with Gasteiger partial charge in [-0.25, -0.2) is 4.98 Å². The average Bonchev–Trinajstić information content (AvgIpc) is 2.47. The Bertz CT molecular complexity index is 361. The van der Waals surface area contributed by atoms with Gasteiger partial charge in [-0.3, -0.25) is 4.79 Å². The number of halogens is 2. The number of hydrogen-bond acceptors (Lipinski definition) is 2. The Kier molecular flexibility index (Phi) is 4.17. The maximum atomic E-state index is 11.4. The van der Waals surface area contributed by atoms with E-state index in [0.29, 0.717) is 22.2 Å². The molecule has 0 saturated carbocycles. The fourth-order valence-corrected chi connectivity index (χ4v) is 1.32. The highest BCUT2D eigenvalue weighted by Gasteiger charge is 2.11. The minimum absolute atomic E-state index is 0.251. The molecular formula is C8H7Br2N3O. The van der Waals surface area contributed by atoms with Gasteiger partial charge in [-0.2, -0.15) is 0 Å². The lowest BCUT2D eigenvalue weighted by Crippen LogP contribution is -2.25. The smallest absolute Gasteiger partial charge is 0.287 e. The molecule has 2 N–H and O–H groups in total. The molecule has 4 nitrogen and oxygen atoms in total. The highest BCUT2D eigenvalue weighted by atomic mass is 79.9. The van der Waals surface area contributed by atoms with Crippen molar-refractivity contribution < 1.29 is 4.79 Å². The van der Waals surface area contributed by atoms with Crippen molar-refractivity contribution >= 4 is 37.8 Å². The first-order valence-electron chi connectivity index (χ1n) is 3.78. The first-order valence-corrected chi connectivity index (χ1v) is 5.36. The number of rotatable bonds is 3. The first-order chi connectivity index (χ1) is 6.65. The predicted molar refractivity (Wildman–Crippen MR) is 59.8 cm³/mol. The number of aromatic amines is 1. The molecule has 0 aromatic carbocycles. The molecule has 0 spiro atoms. The number of carbonyl (C=O) groups excluding carboxylic acids is 1. The lowest BCUT2D eigenvalue weighted by Gasteiger charge is -1.98. The summed E-state index contributed by atoms with van der Waals surface area (Å²) in [5.74, 6) is 2.41. The van der Waals surface area contributed by atoms with E-state index in [1.54, 1.807) is 0 Å². The largest absolute Gasteiger partial charge is 0.348 e. The van der Waals surface area contributed by atoms with Crippen LogP contribution in [0.5, 0.6) is 0 Å². The van der Waals surface area contributed by atoms with Gasteiger partial charge in [0.25, 0.3) is 5.91 Å². The van der Waals surface area contributed by atoms with E-state index in [1.807, 2.05) is 0 Å². The second-order valence-electron chi connectivity index (χ2n) is 2.40. The van der Waals surface area contributed by atoms with Gasteiger partial charge in [0.2, 0.25) is 0 Å². The molecule has 0 aliphatic heterocycles. The molecule has 6 heteroatoms. The summed E-state index contributed by atoms with van der Waals surface area (Å²) in [4.78, 5) is 18.1. The van der Waals surface area contributed by atoms with Crippen LogP contribution in [0, 0.1) is 12.3 Å². The summed E-state index contributed by atoms with van der Waals surface area (Å²) in [6, 6.07) is 0. The molecule has 1 aromatic heterocycles. The minimum atomic E-state index is -0.272. The maximum Gasteiger partial charge on any atom is 0.287 e. The van der Waals surface area contributed by atoms with Crippen molar-refractivity contribution in [2.75, 3.05) is 6.54 Å². The van der Waals surface area contributed by atoms with Crippen molar-refractivity contribution in [3.8, 4) is 12.3 Å². The lowest BCUT2D eigenvalue weighted by molar-refractivity contribution is 0.0945. The van der Waals surface area contributed by atoms with Crippen LogP contribution >= 0.6 is 31.9 Å². The molecule has 74 valence electrons. The number of hydrogen-bond donors (Lipinski definition) is 2. The number of carbonyl (C=O) groups is 1. The van der Waals surface area contributed by atoms with E-state index >= 15 is 0 Å². The summed E-state index contributed by atoms with van der Waals surface area (Å²) in [7, 11) is 0. The molecule has 0 aliphatic carbocycles. The summed E-state index contributed by atoms with van der Waals surface area (Å²) >= 11 is 6.35. The zero-order valence-electron chi connectivity index (χ0n) is 7.10. The average molecular weight is 321 g/mol. The second-order valence-corrected chi connectivity index (χ2v) is 3.94. The Morgan fingerprint density at radius 2 is 2.36 bits per heavy atom. The Balaban J connectivity index is 2.57. The molecule has 1 amide bonds. The molecule has 14 heavy (non-hydrogen) atoms. The molecule has 0 fully saturated rings. The van der Waals surface area contributed by atoms with E-state index in [2.05, 4.69) is 53.1 Å². The molecule has 0 atom stereocenters. The SMILES string of the molecule is C#CCCNC(=O)c1nc(Br)c(Br)[nH]1. The Morgan fingerprint density at radius 1 is 1.64 bits per heavy atom. The lowest BCUT2D eigenvalue weighted by atomic mass is 10.4. The van der Waals surface area contributed by atoms with Crippen LogP contribution in [0.15, 0.2) is 9.21 Å². The minimum Gasteiger partial charge on any atom is -0.348 e. The number of amides is 1. The van der Waals surface area contributed by atoms with Crippen LogP contribution < -0.4 is 5.32 Å². The van der Waals surface area contributed by atoms with Gasteiger partial charge < -0.3 is 10.3 Å². The van der Waals surface area contributed by atoms with Gasteiger partial charge in [-0.05, 0) is 31.9 Å². The van der Waals surface area contributed by atoms with Crippen LogP contribution in [-0.2, 0) is 0 Å². The first kappa shape index (κ1) is 11.3. The fraction of sp³-hybridized carbons (Fsp3) is 0.250. The summed E-state index contributed by atoms with van der Waals surface area (Å²) < 4.78 is 1.21. The summed E-state index contributed by atoms with van der Waals surface area (Å²) in [5.41, 5.74) is 0. The number of aromatic nitrogens is 2. The Hall–Kier alpha value is -0.800. The van der Waals surface area contributed by atoms with Gasteiger partial charge in [0, 0.05) is 13.0 Å². The van der Waals surface area contributed by atoms with Crippen molar-refractivity contribution in [1.82, 2.24) is 15.3 Å². The topological polar surface area (TPSA) is 57.8 Å². The van der Waals surface area contributed by atoms with Crippen molar-refractivity contribution in [1.29, 1.82) is 0 Å². The van der Waals surface area contributed by atoms with Crippen molar-refractivity contribution in [2.45, 2.75) is 6.42 Å². The van der Waals surface area contributed by atoms with Crippen LogP contribution in [-0.4, -0.2) is 22.4 Å². The molecule has 0 aliphatic rings. The van der Waals surface area contributed by atoms with Crippen LogP contribution in [0.3, 0.4) is 0 Å². The Morgan fingerprint density at radius 3 is 2.86 bits per heavy atom. The fourth-order valence-electron chi connectivity index (χ4n) is 0.770. The van der Waals surface area contributed by atoms with E-state index in [9.17, 15) is 4.79 Å². The molecule has 1 heterocycles. The van der Waals surface area contributed by atoms with Gasteiger partial charge in [0.15, 0.2) is 5.82 Å². The van der Waals surface area contributed by atoms with Crippen molar-refractivity contribution in [3.05, 3.63) is 15.0 Å². The van der Waals surface area contributed by atoms with Crippen molar-refractivity contribution in [3.63, 3.8) is 0 Å². The highest BCUT2D eigenvalue weighted by Crippen LogP contribution is 2.18. The third-order valence-corrected chi connectivity index (χ3v) is 3.07. The molecule has 0 radical (unpaired) electrons. The van der Waals surface area contributed by atoms with Gasteiger partial charge >= 0.3 is 0 Å². The zero-order chi connectivity index (χ0) is 10.6. The molecular weight excluding hydrogens is 314 g/mol. The third-order valence-electron chi connectivity index (χ3n) is 1.39. The third kappa shape index (κ3) is 2.86. The number of terminal acetylenes is 1. The monoisotopic (exact) mass is 319 g/mol. The molecule has 1 rings (SSSR count). The number of imidazole rings is 1. The zero-order valence-corrected chi connectivity index (χ0v) is 10.3. The maximum absolute atomic E-state index is 11.4. The summed E-state index contributed by atoms with van der Waals surface area (Å²) in [6.07, 6.45) is 5.55. The standard InChI is InChI=1S/C8H7Br2N3O/c1-2-3-4-11-8(14)7-12-5(9)6(10)13-7/h1H,3-4H2,(H,11,14)(H,12,13). The Labute approximate surface area is 98.1 Å². The van der Waals surface area contributed by atoms with Crippen LogP contribution in [0.25, 0.3) is 0 Å². The normalized spacial score (nSPS) is 9.50. The summed E-state index contributed by atoms with van der Waals surface area (Å²) in [6.45, 7) is 0.450. The van der Waals surface area contributed by atoms with Gasteiger partial charge in [-0.1, -0.05) is 0 Å². The van der Waals surface area contributed by atoms with Crippen LogP contribution in [0.4, 0.5) is 0 Å². The van der Waals surface area contributed by atoms with E-state index in [0.717, 1.165) is 0 Å². The van der Waals surface area contributed by atoms with E-state index in [1.165, 1.54) is 0 Å². The van der Waals surface area contributed by atoms with E-state index < -0.39 is 0 Å². The second kappa shape index (κ2) is 5.17. The van der Waals surface area contributed by atoms with E-state index in [4.69, 9.17) is 6.42 Å². The number of H-pyrrole nitrogens is 1. The van der Waals surface area contributed by atoms with Gasteiger partial charge in [0.05, 0.1) is 0 Å². The van der Waals surface area contributed by atoms with E-state index in [-0.39, 0.29) is 11.7 Å².